The van der Waals surface area contributed by atoms with Crippen molar-refractivity contribution in [1.29, 1.82) is 0 Å². The topological polar surface area (TPSA) is 22.9 Å². The van der Waals surface area contributed by atoms with Gasteiger partial charge in [0.1, 0.15) is 0 Å². The van der Waals surface area contributed by atoms with Gasteiger partial charge in [-0.1, -0.05) is 67.6 Å². The Morgan fingerprint density at radius 3 is 1.80 bits per heavy atom. The summed E-state index contributed by atoms with van der Waals surface area (Å²) in [6, 6.07) is 30.8. The van der Waals surface area contributed by atoms with Gasteiger partial charge < -0.3 is 13.7 Å². The second kappa shape index (κ2) is 7.10. The molecule has 1 fully saturated rings. The molecule has 0 aliphatic carbocycles. The predicted octanol–water partition coefficient (Wildman–Crippen LogP) is 7.19. The van der Waals surface area contributed by atoms with E-state index in [1.165, 1.54) is 49.2 Å². The van der Waals surface area contributed by atoms with Crippen LogP contribution in [0.15, 0.2) is 84.9 Å². The van der Waals surface area contributed by atoms with E-state index in [0.29, 0.717) is 0 Å². The average molecular weight is 457 g/mol. The third-order valence-corrected chi connectivity index (χ3v) is 8.44. The number of aromatic nitrogens is 1. The zero-order valence-corrected chi connectivity index (χ0v) is 20.6. The minimum atomic E-state index is -0.339. The quantitative estimate of drug-likeness (QED) is 0.263. The van der Waals surface area contributed by atoms with Crippen LogP contribution in [0.1, 0.15) is 34.1 Å². The molecule has 0 radical (unpaired) electrons. The van der Waals surface area contributed by atoms with Crippen LogP contribution in [0, 0.1) is 0 Å². The van der Waals surface area contributed by atoms with Gasteiger partial charge in [0.2, 0.25) is 0 Å². The van der Waals surface area contributed by atoms with Gasteiger partial charge in [0.25, 0.3) is 0 Å². The number of benzene rings is 4. The van der Waals surface area contributed by atoms with Gasteiger partial charge >= 0.3 is 7.12 Å². The Balaban J connectivity index is 1.37. The van der Waals surface area contributed by atoms with Crippen LogP contribution >= 0.6 is 0 Å². The van der Waals surface area contributed by atoms with Crippen molar-refractivity contribution in [3.05, 3.63) is 84.9 Å². The van der Waals surface area contributed by atoms with E-state index in [9.17, 15) is 0 Å². The first-order chi connectivity index (χ1) is 16.9. The van der Waals surface area contributed by atoms with Crippen LogP contribution in [0.4, 0.5) is 0 Å². The van der Waals surface area contributed by atoms with Gasteiger partial charge in [0.05, 0.1) is 27.8 Å². The summed E-state index contributed by atoms with van der Waals surface area (Å²) in [5, 5.41) is 5.20. The van der Waals surface area contributed by atoms with E-state index in [4.69, 9.17) is 9.31 Å². The van der Waals surface area contributed by atoms with Gasteiger partial charge in [-0.2, -0.15) is 0 Å². The molecular weight excluding hydrogens is 429 g/mol. The largest absolute Gasteiger partial charge is 0.494 e. The van der Waals surface area contributed by atoms with E-state index >= 15 is 0 Å². The number of hydrogen-bond donors (Lipinski definition) is 0. The first-order valence-corrected chi connectivity index (χ1v) is 12.5. The molecule has 3 heterocycles. The summed E-state index contributed by atoms with van der Waals surface area (Å²) in [6.45, 7) is 8.55. The highest BCUT2D eigenvalue weighted by atomic mass is 16.7. The molecule has 0 spiro atoms. The molecule has 1 aliphatic rings. The van der Waals surface area contributed by atoms with E-state index in [0.717, 1.165) is 11.9 Å². The molecule has 1 unspecified atom stereocenters. The molecule has 7 rings (SSSR count). The second-order valence-corrected chi connectivity index (χ2v) is 10.6. The Morgan fingerprint density at radius 2 is 1.26 bits per heavy atom. The lowest BCUT2D eigenvalue weighted by molar-refractivity contribution is -0.0118. The highest BCUT2D eigenvalue weighted by molar-refractivity contribution is 6.62. The Morgan fingerprint density at radius 1 is 0.686 bits per heavy atom. The zero-order chi connectivity index (χ0) is 23.9. The van der Waals surface area contributed by atoms with Crippen molar-refractivity contribution in [3.8, 4) is 11.1 Å². The van der Waals surface area contributed by atoms with Gasteiger partial charge in [-0.15, -0.1) is 0 Å². The van der Waals surface area contributed by atoms with Gasteiger partial charge in [-0.05, 0) is 68.0 Å². The fraction of sp³-hybridized carbons (Fsp3) is 0.226. The third kappa shape index (κ3) is 2.81. The molecule has 3 nitrogen and oxygen atoms in total. The summed E-state index contributed by atoms with van der Waals surface area (Å²) in [4.78, 5) is 0. The van der Waals surface area contributed by atoms with Gasteiger partial charge in [-0.25, -0.2) is 0 Å². The third-order valence-electron chi connectivity index (χ3n) is 8.44. The highest BCUT2D eigenvalue weighted by Gasteiger charge is 2.53. The molecule has 0 saturated carbocycles. The second-order valence-electron chi connectivity index (χ2n) is 10.6. The Bertz CT molecular complexity index is 1650. The molecule has 0 amide bonds. The van der Waals surface area contributed by atoms with Crippen molar-refractivity contribution in [1.82, 2.24) is 4.40 Å². The molecule has 4 heteroatoms. The monoisotopic (exact) mass is 457 g/mol. The van der Waals surface area contributed by atoms with E-state index in [1.54, 1.807) is 0 Å². The van der Waals surface area contributed by atoms with Crippen LogP contribution in [0.25, 0.3) is 49.2 Å². The molecule has 172 valence electrons. The lowest BCUT2D eigenvalue weighted by atomic mass is 9.78. The lowest BCUT2D eigenvalue weighted by Crippen LogP contribution is -2.44. The first-order valence-electron chi connectivity index (χ1n) is 12.5. The number of fused-ring (bicyclic) bond motifs is 6. The van der Waals surface area contributed by atoms with E-state index in [1.807, 2.05) is 0 Å². The standard InChI is InChI=1S/C31H28BNO2/c1-5-31(4)30(2,3)34-32(35-31)22-16-14-20(15-17-22)21-18-25-23-10-6-8-12-27(23)33-28-13-9-7-11-24(28)26(19-21)29(25)33/h6-19H,5H2,1-4H3. The van der Waals surface area contributed by atoms with E-state index in [-0.39, 0.29) is 18.3 Å². The maximum atomic E-state index is 6.40. The molecular formula is C31H28BNO2. The Hall–Kier alpha value is -3.34. The molecule has 0 bridgehead atoms. The maximum Gasteiger partial charge on any atom is 0.494 e. The lowest BCUT2D eigenvalue weighted by Gasteiger charge is -2.35. The molecule has 0 N–H and O–H groups in total. The summed E-state index contributed by atoms with van der Waals surface area (Å²) in [6.07, 6.45) is 0.909. The average Bonchev–Trinajstić information content (AvgIpc) is 3.48. The highest BCUT2D eigenvalue weighted by Crippen LogP contribution is 2.42. The van der Waals surface area contributed by atoms with E-state index < -0.39 is 0 Å². The molecule has 2 aromatic heterocycles. The summed E-state index contributed by atoms with van der Waals surface area (Å²) in [5.41, 5.74) is 6.69. The van der Waals surface area contributed by atoms with Gasteiger partial charge in [0.15, 0.2) is 0 Å². The van der Waals surface area contributed by atoms with Crippen LogP contribution in [-0.2, 0) is 9.31 Å². The summed E-state index contributed by atoms with van der Waals surface area (Å²) in [7, 11) is -0.339. The van der Waals surface area contributed by atoms with Crippen molar-refractivity contribution in [2.45, 2.75) is 45.3 Å². The van der Waals surface area contributed by atoms with Crippen molar-refractivity contribution in [2.75, 3.05) is 0 Å². The number of nitrogens with zero attached hydrogens (tertiary/aromatic N) is 1. The van der Waals surface area contributed by atoms with Crippen LogP contribution in [-0.4, -0.2) is 22.7 Å². The zero-order valence-electron chi connectivity index (χ0n) is 20.6. The minimum Gasteiger partial charge on any atom is -0.399 e. The van der Waals surface area contributed by atoms with E-state index in [2.05, 4.69) is 117 Å². The fourth-order valence-corrected chi connectivity index (χ4v) is 5.89. The normalized spacial score (nSPS) is 20.2. The summed E-state index contributed by atoms with van der Waals surface area (Å²) >= 11 is 0. The van der Waals surface area contributed by atoms with Crippen molar-refractivity contribution >= 4 is 50.7 Å². The van der Waals surface area contributed by atoms with Crippen LogP contribution in [0.5, 0.6) is 0 Å². The van der Waals surface area contributed by atoms with Crippen molar-refractivity contribution in [3.63, 3.8) is 0 Å². The number of para-hydroxylation sites is 2. The molecule has 35 heavy (non-hydrogen) atoms. The van der Waals surface area contributed by atoms with Crippen LogP contribution in [0.2, 0.25) is 0 Å². The Labute approximate surface area is 205 Å². The summed E-state index contributed by atoms with van der Waals surface area (Å²) < 4.78 is 15.2. The SMILES string of the molecule is CCC1(C)OB(c2ccc(-c3cc4c5ccccc5n5c6ccccc6c(c3)c45)cc2)OC1(C)C. The van der Waals surface area contributed by atoms with Gasteiger partial charge in [0, 0.05) is 21.5 Å². The van der Waals surface area contributed by atoms with Crippen LogP contribution < -0.4 is 5.46 Å². The molecule has 4 aromatic carbocycles. The summed E-state index contributed by atoms with van der Waals surface area (Å²) in [5.74, 6) is 0. The fourth-order valence-electron chi connectivity index (χ4n) is 5.89. The smallest absolute Gasteiger partial charge is 0.399 e. The predicted molar refractivity (Wildman–Crippen MR) is 147 cm³/mol. The molecule has 1 atom stereocenters. The minimum absolute atomic E-state index is 0.298. The molecule has 1 saturated heterocycles. The maximum absolute atomic E-state index is 6.40. The number of rotatable bonds is 3. The Kier molecular flexibility index (Phi) is 4.26. The molecule has 1 aliphatic heterocycles. The first kappa shape index (κ1) is 21.0. The van der Waals surface area contributed by atoms with Crippen molar-refractivity contribution < 1.29 is 9.31 Å². The van der Waals surface area contributed by atoms with Crippen LogP contribution in [0.3, 0.4) is 0 Å². The number of hydrogen-bond acceptors (Lipinski definition) is 2. The van der Waals surface area contributed by atoms with Crippen molar-refractivity contribution in [2.24, 2.45) is 0 Å². The molecule has 6 aromatic rings. The van der Waals surface area contributed by atoms with Gasteiger partial charge in [-0.3, -0.25) is 0 Å².